The lowest BCUT2D eigenvalue weighted by molar-refractivity contribution is 0.00578. The first-order valence-corrected chi connectivity index (χ1v) is 14.7. The minimum absolute atomic E-state index is 0.400. The molecule has 0 radical (unpaired) electrons. The Labute approximate surface area is 246 Å². The number of benzene rings is 4. The molecule has 0 N–H and O–H groups in total. The minimum atomic E-state index is -0.424. The second-order valence-electron chi connectivity index (χ2n) is 12.5. The molecule has 6 aromatic rings. The number of nitrogens with zero attached hydrogens (tertiary/aromatic N) is 3. The average molecular weight is 549 g/mol. The molecule has 0 bridgehead atoms. The molecule has 0 amide bonds. The lowest BCUT2D eigenvalue weighted by Crippen LogP contribution is -2.41. The average Bonchev–Trinajstić information content (AvgIpc) is 3.42. The number of hydrogen-bond acceptors (Lipinski definition) is 4. The zero-order chi connectivity index (χ0) is 28.6. The topological polar surface area (TPSA) is 49.2 Å². The molecule has 0 unspecified atom stereocenters. The van der Waals surface area contributed by atoms with E-state index < -0.39 is 18.3 Å². The van der Waals surface area contributed by atoms with Crippen LogP contribution in [0, 0.1) is 0 Å². The fraction of sp³-hybridized carbons (Fsp3) is 0.222. The molecule has 2 aromatic heterocycles. The van der Waals surface area contributed by atoms with Crippen molar-refractivity contribution in [3.8, 4) is 28.5 Å². The molecule has 5 nitrogen and oxygen atoms in total. The van der Waals surface area contributed by atoms with Gasteiger partial charge in [0.25, 0.3) is 0 Å². The molecule has 0 saturated carbocycles. The second-order valence-corrected chi connectivity index (χ2v) is 12.5. The van der Waals surface area contributed by atoms with Gasteiger partial charge >= 0.3 is 7.12 Å². The van der Waals surface area contributed by atoms with Gasteiger partial charge in [-0.2, -0.15) is 0 Å². The van der Waals surface area contributed by atoms with E-state index >= 15 is 0 Å². The first kappa shape index (κ1) is 25.5. The molecule has 6 heteroatoms. The van der Waals surface area contributed by atoms with Gasteiger partial charge in [-0.15, -0.1) is 0 Å². The molecule has 1 aliphatic heterocycles. The van der Waals surface area contributed by atoms with Crippen molar-refractivity contribution in [2.75, 3.05) is 0 Å². The Morgan fingerprint density at radius 3 is 1.74 bits per heavy atom. The number of rotatable bonds is 4. The van der Waals surface area contributed by atoms with E-state index in [0.717, 1.165) is 57.2 Å². The van der Waals surface area contributed by atoms with Gasteiger partial charge in [0.2, 0.25) is 5.95 Å². The summed E-state index contributed by atoms with van der Waals surface area (Å²) < 4.78 is 15.1. The molecule has 1 aliphatic carbocycles. The van der Waals surface area contributed by atoms with E-state index in [0.29, 0.717) is 5.95 Å². The predicted octanol–water partition coefficient (Wildman–Crippen LogP) is 7.31. The molecular formula is C36H32BN3O2. The van der Waals surface area contributed by atoms with Crippen molar-refractivity contribution in [3.05, 3.63) is 108 Å². The summed E-state index contributed by atoms with van der Waals surface area (Å²) >= 11 is 0. The highest BCUT2D eigenvalue weighted by molar-refractivity contribution is 6.62. The van der Waals surface area contributed by atoms with E-state index in [4.69, 9.17) is 19.3 Å². The van der Waals surface area contributed by atoms with E-state index in [9.17, 15) is 0 Å². The molecule has 4 aromatic carbocycles. The second kappa shape index (κ2) is 9.12. The van der Waals surface area contributed by atoms with Crippen LogP contribution in [0.3, 0.4) is 0 Å². The minimum Gasteiger partial charge on any atom is -0.399 e. The van der Waals surface area contributed by atoms with Crippen molar-refractivity contribution < 1.29 is 9.31 Å². The van der Waals surface area contributed by atoms with Crippen LogP contribution in [-0.2, 0) is 22.2 Å². The van der Waals surface area contributed by atoms with Crippen LogP contribution < -0.4 is 5.46 Å². The van der Waals surface area contributed by atoms with Gasteiger partial charge in [0, 0.05) is 21.9 Å². The number of hydrogen-bond donors (Lipinski definition) is 0. The zero-order valence-corrected chi connectivity index (χ0v) is 24.4. The van der Waals surface area contributed by atoms with Gasteiger partial charge < -0.3 is 9.31 Å². The van der Waals surface area contributed by atoms with E-state index in [1.54, 1.807) is 0 Å². The van der Waals surface area contributed by atoms with Gasteiger partial charge in [-0.25, -0.2) is 9.97 Å². The van der Waals surface area contributed by atoms with Gasteiger partial charge in [0.15, 0.2) is 0 Å². The number of aromatic nitrogens is 3. The Kier molecular flexibility index (Phi) is 5.53. The maximum absolute atomic E-state index is 6.43. The highest BCUT2D eigenvalue weighted by atomic mass is 16.7. The number of aryl methyl sites for hydroxylation is 2. The molecule has 8 rings (SSSR count). The van der Waals surface area contributed by atoms with Crippen LogP contribution >= 0.6 is 0 Å². The quantitative estimate of drug-likeness (QED) is 0.217. The van der Waals surface area contributed by atoms with Gasteiger partial charge in [0.05, 0.1) is 33.6 Å². The number of fused-ring (bicyclic) bond motifs is 4. The Balaban J connectivity index is 1.37. The SMILES string of the molecule is CC1(C)OB(c2ccc3c(c2)c2cc4c(cc2n3-c2nc(-c3ccccc3)cc(-c3ccccc3)n2)CC4)OC1(C)C. The molecule has 206 valence electrons. The lowest BCUT2D eigenvalue weighted by Gasteiger charge is -2.32. The van der Waals surface area contributed by atoms with Crippen LogP contribution in [0.1, 0.15) is 38.8 Å². The molecule has 1 fully saturated rings. The van der Waals surface area contributed by atoms with Crippen LogP contribution in [-0.4, -0.2) is 32.9 Å². The normalized spacial score (nSPS) is 17.0. The fourth-order valence-electron chi connectivity index (χ4n) is 6.12. The predicted molar refractivity (Wildman–Crippen MR) is 170 cm³/mol. The van der Waals surface area contributed by atoms with Crippen molar-refractivity contribution in [3.63, 3.8) is 0 Å². The summed E-state index contributed by atoms with van der Waals surface area (Å²) in [5.74, 6) is 0.665. The highest BCUT2D eigenvalue weighted by Crippen LogP contribution is 2.39. The molecular weight excluding hydrogens is 517 g/mol. The smallest absolute Gasteiger partial charge is 0.399 e. The van der Waals surface area contributed by atoms with E-state index in [1.165, 1.54) is 16.5 Å². The molecule has 42 heavy (non-hydrogen) atoms. The van der Waals surface area contributed by atoms with Crippen LogP contribution in [0.5, 0.6) is 0 Å². The molecule has 0 spiro atoms. The van der Waals surface area contributed by atoms with Crippen molar-refractivity contribution in [2.24, 2.45) is 0 Å². The molecule has 3 heterocycles. The van der Waals surface area contributed by atoms with E-state index in [2.05, 4.69) is 117 Å². The first-order chi connectivity index (χ1) is 20.3. The Morgan fingerprint density at radius 2 is 1.17 bits per heavy atom. The summed E-state index contributed by atoms with van der Waals surface area (Å²) in [6.07, 6.45) is 2.22. The third-order valence-electron chi connectivity index (χ3n) is 9.35. The van der Waals surface area contributed by atoms with Crippen LogP contribution in [0.4, 0.5) is 0 Å². The van der Waals surface area contributed by atoms with Gasteiger partial charge in [-0.1, -0.05) is 72.8 Å². The van der Waals surface area contributed by atoms with Crippen molar-refractivity contribution in [2.45, 2.75) is 51.7 Å². The lowest BCUT2D eigenvalue weighted by atomic mass is 9.78. The van der Waals surface area contributed by atoms with Crippen LogP contribution in [0.2, 0.25) is 0 Å². The van der Waals surface area contributed by atoms with E-state index in [-0.39, 0.29) is 0 Å². The maximum atomic E-state index is 6.43. The zero-order valence-electron chi connectivity index (χ0n) is 24.4. The van der Waals surface area contributed by atoms with Gasteiger partial charge in [0.1, 0.15) is 0 Å². The monoisotopic (exact) mass is 549 g/mol. The fourth-order valence-corrected chi connectivity index (χ4v) is 6.12. The van der Waals surface area contributed by atoms with Crippen molar-refractivity contribution >= 4 is 34.4 Å². The summed E-state index contributed by atoms with van der Waals surface area (Å²) in [6.45, 7) is 8.38. The summed E-state index contributed by atoms with van der Waals surface area (Å²) in [5.41, 5.74) is 9.15. The summed E-state index contributed by atoms with van der Waals surface area (Å²) in [5, 5.41) is 2.36. The summed E-state index contributed by atoms with van der Waals surface area (Å²) in [4.78, 5) is 10.4. The van der Waals surface area contributed by atoms with Crippen molar-refractivity contribution in [1.29, 1.82) is 0 Å². The largest absolute Gasteiger partial charge is 0.494 e. The molecule has 2 aliphatic rings. The molecule has 0 atom stereocenters. The Morgan fingerprint density at radius 1 is 0.619 bits per heavy atom. The molecule has 1 saturated heterocycles. The highest BCUT2D eigenvalue weighted by Gasteiger charge is 2.51. The standard InChI is InChI=1S/C36H32BN3O2/c1-35(2)36(3,4)42-37(41-35)27-17-18-32-29(21-27)28-19-25-15-16-26(25)20-33(28)40(32)34-38-30(23-11-7-5-8-12-23)22-31(39-34)24-13-9-6-10-14-24/h5-14,17-22H,15-16H2,1-4H3. The summed E-state index contributed by atoms with van der Waals surface area (Å²) in [7, 11) is -0.424. The third-order valence-corrected chi connectivity index (χ3v) is 9.35. The van der Waals surface area contributed by atoms with Gasteiger partial charge in [-0.3, -0.25) is 4.57 Å². The first-order valence-electron chi connectivity index (χ1n) is 14.7. The summed E-state index contributed by atoms with van der Waals surface area (Å²) in [6, 6.07) is 34.0. The maximum Gasteiger partial charge on any atom is 0.494 e. The van der Waals surface area contributed by atoms with Crippen LogP contribution in [0.25, 0.3) is 50.3 Å². The Hall–Kier alpha value is -4.26. The van der Waals surface area contributed by atoms with Crippen molar-refractivity contribution in [1.82, 2.24) is 14.5 Å². The third kappa shape index (κ3) is 3.93. The van der Waals surface area contributed by atoms with E-state index in [1.807, 2.05) is 12.1 Å². The Bertz CT molecular complexity index is 1920. The van der Waals surface area contributed by atoms with Gasteiger partial charge in [-0.05, 0) is 81.4 Å². The van der Waals surface area contributed by atoms with Crippen LogP contribution in [0.15, 0.2) is 97.1 Å².